The van der Waals surface area contributed by atoms with Crippen LogP contribution in [0.25, 0.3) is 22.0 Å². The smallest absolute Gasteiger partial charge is 0.258 e. The number of hydrogen-bond donors (Lipinski definition) is 0. The van der Waals surface area contributed by atoms with Crippen LogP contribution in [-0.4, -0.2) is 4.57 Å². The Morgan fingerprint density at radius 1 is 0.952 bits per heavy atom. The molecule has 106 valence electrons. The first-order chi connectivity index (χ1) is 10.0. The second-order valence-electron chi connectivity index (χ2n) is 5.71. The van der Waals surface area contributed by atoms with Crippen LogP contribution in [-0.2, 0) is 7.05 Å². The van der Waals surface area contributed by atoms with Crippen molar-refractivity contribution in [1.82, 2.24) is 4.57 Å². The lowest BCUT2D eigenvalue weighted by molar-refractivity contribution is 0.904. The summed E-state index contributed by atoms with van der Waals surface area (Å²) in [5.74, 6) is 0. The summed E-state index contributed by atoms with van der Waals surface area (Å²) < 4.78 is 1.77. The monoisotopic (exact) mass is 277 g/mol. The highest BCUT2D eigenvalue weighted by Crippen LogP contribution is 2.29. The van der Waals surface area contributed by atoms with Crippen molar-refractivity contribution in [3.63, 3.8) is 0 Å². The van der Waals surface area contributed by atoms with Crippen molar-refractivity contribution in [1.29, 1.82) is 0 Å². The molecule has 2 aromatic carbocycles. The van der Waals surface area contributed by atoms with Crippen molar-refractivity contribution in [2.75, 3.05) is 0 Å². The predicted molar refractivity (Wildman–Crippen MR) is 88.8 cm³/mol. The van der Waals surface area contributed by atoms with Crippen molar-refractivity contribution >= 4 is 10.9 Å². The summed E-state index contributed by atoms with van der Waals surface area (Å²) in [6.07, 6.45) is 0. The van der Waals surface area contributed by atoms with Crippen LogP contribution in [0.4, 0.5) is 0 Å². The standard InChI is InChI=1S/C19H19NO/c1-12-10-13(2)17-14(3)18(15-8-6-5-7-9-15)19(21)20(4)16(17)11-12/h5-11H,1-4H3. The number of hydrogen-bond acceptors (Lipinski definition) is 1. The second-order valence-corrected chi connectivity index (χ2v) is 5.71. The summed E-state index contributed by atoms with van der Waals surface area (Å²) in [5, 5.41) is 1.18. The number of aryl methyl sites for hydroxylation is 4. The molecule has 0 aliphatic rings. The highest BCUT2D eigenvalue weighted by atomic mass is 16.1. The molecule has 0 amide bonds. The van der Waals surface area contributed by atoms with Gasteiger partial charge in [0.15, 0.2) is 0 Å². The van der Waals surface area contributed by atoms with E-state index in [0.29, 0.717) is 0 Å². The Morgan fingerprint density at radius 3 is 2.29 bits per heavy atom. The van der Waals surface area contributed by atoms with Crippen LogP contribution in [0.3, 0.4) is 0 Å². The molecule has 0 spiro atoms. The maximum atomic E-state index is 12.8. The molecule has 2 nitrogen and oxygen atoms in total. The average Bonchev–Trinajstić information content (AvgIpc) is 2.45. The first-order valence-electron chi connectivity index (χ1n) is 7.16. The Morgan fingerprint density at radius 2 is 1.62 bits per heavy atom. The molecule has 0 atom stereocenters. The topological polar surface area (TPSA) is 22.0 Å². The largest absolute Gasteiger partial charge is 0.311 e. The summed E-state index contributed by atoms with van der Waals surface area (Å²) in [6.45, 7) is 6.23. The van der Waals surface area contributed by atoms with Gasteiger partial charge in [0, 0.05) is 12.4 Å². The van der Waals surface area contributed by atoms with E-state index in [1.807, 2.05) is 37.4 Å². The van der Waals surface area contributed by atoms with E-state index in [1.165, 1.54) is 16.5 Å². The van der Waals surface area contributed by atoms with Gasteiger partial charge in [-0.2, -0.15) is 0 Å². The van der Waals surface area contributed by atoms with Crippen LogP contribution in [0.1, 0.15) is 16.7 Å². The maximum absolute atomic E-state index is 12.8. The van der Waals surface area contributed by atoms with Crippen LogP contribution in [0.5, 0.6) is 0 Å². The normalized spacial score (nSPS) is 11.0. The Bertz CT molecular complexity index is 889. The van der Waals surface area contributed by atoms with Crippen LogP contribution < -0.4 is 5.56 Å². The number of nitrogens with zero attached hydrogens (tertiary/aromatic N) is 1. The average molecular weight is 277 g/mol. The first kappa shape index (κ1) is 13.6. The van der Waals surface area contributed by atoms with Gasteiger partial charge in [0.05, 0.1) is 11.1 Å². The number of rotatable bonds is 1. The van der Waals surface area contributed by atoms with Gasteiger partial charge in [0.1, 0.15) is 0 Å². The molecule has 0 radical (unpaired) electrons. The fourth-order valence-electron chi connectivity index (χ4n) is 3.20. The van der Waals surface area contributed by atoms with Gasteiger partial charge in [0.2, 0.25) is 0 Å². The van der Waals surface area contributed by atoms with Crippen LogP contribution in [0.2, 0.25) is 0 Å². The van der Waals surface area contributed by atoms with E-state index in [1.54, 1.807) is 4.57 Å². The fraction of sp³-hybridized carbons (Fsp3) is 0.211. The molecule has 2 heteroatoms. The Balaban J connectivity index is 2.52. The predicted octanol–water partition coefficient (Wildman–Crippen LogP) is 4.13. The molecule has 0 unspecified atom stereocenters. The minimum Gasteiger partial charge on any atom is -0.311 e. The molecular weight excluding hydrogens is 258 g/mol. The van der Waals surface area contributed by atoms with Crippen molar-refractivity contribution in [2.45, 2.75) is 20.8 Å². The lowest BCUT2D eigenvalue weighted by Gasteiger charge is -2.16. The summed E-state index contributed by atoms with van der Waals surface area (Å²) >= 11 is 0. The summed E-state index contributed by atoms with van der Waals surface area (Å²) in [4.78, 5) is 12.8. The maximum Gasteiger partial charge on any atom is 0.258 e. The molecule has 21 heavy (non-hydrogen) atoms. The third-order valence-electron chi connectivity index (χ3n) is 4.15. The Labute approximate surface area is 124 Å². The third kappa shape index (κ3) is 2.07. The molecule has 1 heterocycles. The zero-order valence-corrected chi connectivity index (χ0v) is 12.9. The third-order valence-corrected chi connectivity index (χ3v) is 4.15. The minimum atomic E-state index is 0.0659. The Hall–Kier alpha value is -2.35. The minimum absolute atomic E-state index is 0.0659. The molecule has 0 N–H and O–H groups in total. The van der Waals surface area contributed by atoms with E-state index in [9.17, 15) is 4.79 Å². The summed E-state index contributed by atoms with van der Waals surface area (Å²) in [6, 6.07) is 14.2. The molecule has 0 bridgehead atoms. The summed E-state index contributed by atoms with van der Waals surface area (Å²) in [7, 11) is 1.86. The Kier molecular flexibility index (Phi) is 3.17. The summed E-state index contributed by atoms with van der Waals surface area (Å²) in [5.41, 5.74) is 6.33. The van der Waals surface area contributed by atoms with Gasteiger partial charge in [-0.15, -0.1) is 0 Å². The fourth-order valence-corrected chi connectivity index (χ4v) is 3.20. The molecule has 0 aliphatic heterocycles. The van der Waals surface area contributed by atoms with Gasteiger partial charge < -0.3 is 4.57 Å². The van der Waals surface area contributed by atoms with Crippen LogP contribution in [0, 0.1) is 20.8 Å². The van der Waals surface area contributed by atoms with Gasteiger partial charge in [0.25, 0.3) is 5.56 Å². The lowest BCUT2D eigenvalue weighted by Crippen LogP contribution is -2.21. The molecule has 3 rings (SSSR count). The number of benzene rings is 2. The SMILES string of the molecule is Cc1cc(C)c2c(C)c(-c3ccccc3)c(=O)n(C)c2c1. The van der Waals surface area contributed by atoms with E-state index in [2.05, 4.69) is 32.9 Å². The molecule has 0 saturated heterocycles. The van der Waals surface area contributed by atoms with E-state index in [4.69, 9.17) is 0 Å². The molecule has 0 aliphatic carbocycles. The van der Waals surface area contributed by atoms with E-state index in [-0.39, 0.29) is 5.56 Å². The van der Waals surface area contributed by atoms with Gasteiger partial charge in [-0.25, -0.2) is 0 Å². The second kappa shape index (κ2) is 4.88. The highest BCUT2D eigenvalue weighted by Gasteiger charge is 2.15. The molecule has 1 aromatic heterocycles. The molecule has 3 aromatic rings. The quantitative estimate of drug-likeness (QED) is 0.655. The van der Waals surface area contributed by atoms with Crippen LogP contribution in [0.15, 0.2) is 47.3 Å². The highest BCUT2D eigenvalue weighted by molar-refractivity contribution is 5.91. The zero-order chi connectivity index (χ0) is 15.1. The zero-order valence-electron chi connectivity index (χ0n) is 12.9. The van der Waals surface area contributed by atoms with E-state index >= 15 is 0 Å². The number of pyridine rings is 1. The number of aromatic nitrogens is 1. The van der Waals surface area contributed by atoms with E-state index < -0.39 is 0 Å². The van der Waals surface area contributed by atoms with Crippen molar-refractivity contribution in [3.05, 3.63) is 69.5 Å². The van der Waals surface area contributed by atoms with Crippen LogP contribution >= 0.6 is 0 Å². The first-order valence-corrected chi connectivity index (χ1v) is 7.16. The molecule has 0 saturated carbocycles. The van der Waals surface area contributed by atoms with Gasteiger partial charge in [-0.05, 0) is 49.1 Å². The van der Waals surface area contributed by atoms with Gasteiger partial charge in [-0.1, -0.05) is 36.4 Å². The van der Waals surface area contributed by atoms with Crippen molar-refractivity contribution in [2.24, 2.45) is 7.05 Å². The van der Waals surface area contributed by atoms with E-state index in [0.717, 1.165) is 22.2 Å². The lowest BCUT2D eigenvalue weighted by atomic mass is 9.95. The molecular formula is C19H19NO. The molecule has 0 fully saturated rings. The van der Waals surface area contributed by atoms with Gasteiger partial charge >= 0.3 is 0 Å². The van der Waals surface area contributed by atoms with Gasteiger partial charge in [-0.3, -0.25) is 4.79 Å². The number of fused-ring (bicyclic) bond motifs is 1. The van der Waals surface area contributed by atoms with Crippen molar-refractivity contribution in [3.8, 4) is 11.1 Å². The van der Waals surface area contributed by atoms with Crippen molar-refractivity contribution < 1.29 is 0 Å².